The van der Waals surface area contributed by atoms with E-state index in [0.29, 0.717) is 12.0 Å². The second kappa shape index (κ2) is 6.89. The van der Waals surface area contributed by atoms with E-state index >= 15 is 0 Å². The molecular weight excluding hydrogens is 334 g/mol. The number of hydrogen-bond acceptors (Lipinski definition) is 3. The van der Waals surface area contributed by atoms with Gasteiger partial charge in [0, 0.05) is 30.9 Å². The van der Waals surface area contributed by atoms with Crippen molar-refractivity contribution in [3.8, 4) is 11.5 Å². The highest BCUT2D eigenvalue weighted by Crippen LogP contribution is 2.47. The molecule has 2 bridgehead atoms. The van der Waals surface area contributed by atoms with Crippen LogP contribution in [0, 0.1) is 0 Å². The van der Waals surface area contributed by atoms with Gasteiger partial charge in [-0.15, -0.1) is 11.6 Å². The molecule has 2 aliphatic rings. The Morgan fingerprint density at radius 1 is 0.960 bits per heavy atom. The maximum atomic E-state index is 6.01. The van der Waals surface area contributed by atoms with Gasteiger partial charge < -0.3 is 9.47 Å². The molecular formula is C21H24ClNO2. The Balaban J connectivity index is 1.84. The van der Waals surface area contributed by atoms with Gasteiger partial charge in [-0.25, -0.2) is 0 Å². The Kier molecular flexibility index (Phi) is 4.61. The SMILES string of the molecule is COc1ccc2c(c1)CN1Cc3ccc(OC)cc3[C@@H]2[C@@H]1CCCCl. The Hall–Kier alpha value is -1.71. The lowest BCUT2D eigenvalue weighted by molar-refractivity contribution is 0.122. The van der Waals surface area contributed by atoms with Crippen LogP contribution in [0.1, 0.15) is 41.0 Å². The van der Waals surface area contributed by atoms with Crippen molar-refractivity contribution in [1.29, 1.82) is 0 Å². The van der Waals surface area contributed by atoms with Crippen LogP contribution in [0.15, 0.2) is 36.4 Å². The Labute approximate surface area is 154 Å². The smallest absolute Gasteiger partial charge is 0.119 e. The molecule has 4 heteroatoms. The van der Waals surface area contributed by atoms with Crippen molar-refractivity contribution in [3.63, 3.8) is 0 Å². The van der Waals surface area contributed by atoms with Crippen LogP contribution in [0.25, 0.3) is 0 Å². The van der Waals surface area contributed by atoms with Gasteiger partial charge in [-0.05, 0) is 59.4 Å². The zero-order chi connectivity index (χ0) is 17.4. The number of halogens is 1. The number of rotatable bonds is 5. The fraction of sp³-hybridized carbons (Fsp3) is 0.429. The zero-order valence-corrected chi connectivity index (χ0v) is 15.6. The van der Waals surface area contributed by atoms with Gasteiger partial charge in [0.15, 0.2) is 0 Å². The topological polar surface area (TPSA) is 21.7 Å². The van der Waals surface area contributed by atoms with Crippen LogP contribution < -0.4 is 9.47 Å². The maximum Gasteiger partial charge on any atom is 0.119 e. The summed E-state index contributed by atoms with van der Waals surface area (Å²) in [6, 6.07) is 13.5. The number of methoxy groups -OCH3 is 2. The van der Waals surface area contributed by atoms with Crippen molar-refractivity contribution >= 4 is 11.6 Å². The summed E-state index contributed by atoms with van der Waals surface area (Å²) < 4.78 is 10.9. The average molecular weight is 358 g/mol. The summed E-state index contributed by atoms with van der Waals surface area (Å²) in [6.45, 7) is 1.96. The van der Waals surface area contributed by atoms with E-state index in [9.17, 15) is 0 Å². The summed E-state index contributed by atoms with van der Waals surface area (Å²) in [4.78, 5) is 2.60. The average Bonchev–Trinajstić information content (AvgIpc) is 2.65. The molecule has 3 atom stereocenters. The van der Waals surface area contributed by atoms with Crippen molar-refractivity contribution in [1.82, 2.24) is 4.90 Å². The predicted molar refractivity (Wildman–Crippen MR) is 101 cm³/mol. The second-order valence-corrected chi connectivity index (χ2v) is 7.29. The van der Waals surface area contributed by atoms with Gasteiger partial charge in [-0.3, -0.25) is 4.90 Å². The Morgan fingerprint density at radius 3 is 2.44 bits per heavy atom. The van der Waals surface area contributed by atoms with Gasteiger partial charge in [0.25, 0.3) is 0 Å². The van der Waals surface area contributed by atoms with Gasteiger partial charge >= 0.3 is 0 Å². The molecule has 0 aromatic heterocycles. The molecule has 0 spiro atoms. The number of nitrogens with zero attached hydrogens (tertiary/aromatic N) is 1. The molecule has 0 radical (unpaired) electrons. The number of fused-ring (bicyclic) bond motifs is 6. The van der Waals surface area contributed by atoms with Gasteiger partial charge in [0.05, 0.1) is 14.2 Å². The zero-order valence-electron chi connectivity index (χ0n) is 14.8. The molecule has 0 amide bonds. The van der Waals surface area contributed by atoms with Crippen LogP contribution in [0.3, 0.4) is 0 Å². The highest BCUT2D eigenvalue weighted by Gasteiger charge is 2.40. The number of benzene rings is 2. The molecule has 3 nitrogen and oxygen atoms in total. The quantitative estimate of drug-likeness (QED) is 0.732. The third kappa shape index (κ3) is 2.90. The highest BCUT2D eigenvalue weighted by molar-refractivity contribution is 6.17. The molecule has 0 fully saturated rings. The van der Waals surface area contributed by atoms with E-state index in [0.717, 1.165) is 43.3 Å². The maximum absolute atomic E-state index is 6.01. The van der Waals surface area contributed by atoms with Crippen LogP contribution in [0.2, 0.25) is 0 Å². The van der Waals surface area contributed by atoms with E-state index in [1.807, 2.05) is 0 Å². The van der Waals surface area contributed by atoms with Gasteiger partial charge in [-0.1, -0.05) is 12.1 Å². The molecule has 0 N–H and O–H groups in total. The Bertz CT molecular complexity index is 776. The summed E-state index contributed by atoms with van der Waals surface area (Å²) in [5.74, 6) is 2.96. The van der Waals surface area contributed by atoms with E-state index in [2.05, 4.69) is 41.3 Å². The van der Waals surface area contributed by atoms with Gasteiger partial charge in [0.2, 0.25) is 0 Å². The summed E-state index contributed by atoms with van der Waals surface area (Å²) in [7, 11) is 3.47. The summed E-state index contributed by atoms with van der Waals surface area (Å²) in [6.07, 6.45) is 2.17. The molecule has 0 aliphatic carbocycles. The molecule has 1 unspecified atom stereocenters. The molecule has 132 valence electrons. The number of alkyl halides is 1. The number of hydrogen-bond donors (Lipinski definition) is 0. The predicted octanol–water partition coefficient (Wildman–Crippen LogP) is 4.55. The molecule has 2 aromatic carbocycles. The minimum Gasteiger partial charge on any atom is -0.497 e. The van der Waals surface area contributed by atoms with E-state index in [4.69, 9.17) is 21.1 Å². The van der Waals surface area contributed by atoms with Gasteiger partial charge in [-0.2, -0.15) is 0 Å². The van der Waals surface area contributed by atoms with Crippen molar-refractivity contribution in [2.45, 2.75) is 37.9 Å². The lowest BCUT2D eigenvalue weighted by atomic mass is 9.73. The summed E-state index contributed by atoms with van der Waals surface area (Å²) >= 11 is 6.01. The first-order chi connectivity index (χ1) is 12.2. The van der Waals surface area contributed by atoms with E-state index in [1.54, 1.807) is 14.2 Å². The number of ether oxygens (including phenoxy) is 2. The van der Waals surface area contributed by atoms with Crippen LogP contribution in [0.5, 0.6) is 11.5 Å². The summed E-state index contributed by atoms with van der Waals surface area (Å²) in [5, 5.41) is 0. The summed E-state index contributed by atoms with van der Waals surface area (Å²) in [5.41, 5.74) is 5.61. The highest BCUT2D eigenvalue weighted by atomic mass is 35.5. The third-order valence-corrected chi connectivity index (χ3v) is 5.87. The molecule has 2 heterocycles. The normalized spacial score (nSPS) is 23.6. The monoisotopic (exact) mass is 357 g/mol. The second-order valence-electron chi connectivity index (χ2n) is 6.91. The minimum atomic E-state index is 0.372. The van der Waals surface area contributed by atoms with Crippen LogP contribution >= 0.6 is 11.6 Å². The molecule has 2 aromatic rings. The van der Waals surface area contributed by atoms with Crippen LogP contribution in [-0.2, 0) is 13.1 Å². The fourth-order valence-electron chi connectivity index (χ4n) is 4.44. The lowest BCUT2D eigenvalue weighted by Crippen LogP contribution is -2.47. The Morgan fingerprint density at radius 2 is 1.68 bits per heavy atom. The molecule has 4 rings (SSSR count). The molecule has 25 heavy (non-hydrogen) atoms. The lowest BCUT2D eigenvalue weighted by Gasteiger charge is -2.47. The van der Waals surface area contributed by atoms with Crippen LogP contribution in [0.4, 0.5) is 0 Å². The molecule has 0 saturated carbocycles. The van der Waals surface area contributed by atoms with Crippen molar-refractivity contribution in [3.05, 3.63) is 58.7 Å². The first kappa shape index (κ1) is 16.7. The van der Waals surface area contributed by atoms with Gasteiger partial charge in [0.1, 0.15) is 11.5 Å². The molecule has 0 saturated heterocycles. The standard InChI is InChI=1S/C21H24ClNO2/c1-24-16-7-8-18-15(10-16)13-23-12-14-5-6-17(25-2)11-19(14)21(18)20(23)4-3-9-22/h5-8,10-11,20-21H,3-4,9,12-13H2,1-2H3/t20-,21+/m0/s1. The first-order valence-corrected chi connectivity index (χ1v) is 9.42. The van der Waals surface area contributed by atoms with Crippen LogP contribution in [-0.4, -0.2) is 31.0 Å². The first-order valence-electron chi connectivity index (χ1n) is 8.88. The fourth-order valence-corrected chi connectivity index (χ4v) is 4.59. The van der Waals surface area contributed by atoms with Crippen molar-refractivity contribution in [2.75, 3.05) is 20.1 Å². The van der Waals surface area contributed by atoms with Crippen molar-refractivity contribution in [2.24, 2.45) is 0 Å². The van der Waals surface area contributed by atoms with E-state index < -0.39 is 0 Å². The largest absolute Gasteiger partial charge is 0.497 e. The minimum absolute atomic E-state index is 0.372. The van der Waals surface area contributed by atoms with Crippen molar-refractivity contribution < 1.29 is 9.47 Å². The molecule has 2 aliphatic heterocycles. The van der Waals surface area contributed by atoms with E-state index in [-0.39, 0.29) is 0 Å². The van der Waals surface area contributed by atoms with E-state index in [1.165, 1.54) is 22.3 Å². The third-order valence-electron chi connectivity index (χ3n) is 5.61.